The number of aliphatic hydroxyl groups is 1. The van der Waals surface area contributed by atoms with Gasteiger partial charge in [-0.05, 0) is 37.5 Å². The van der Waals surface area contributed by atoms with Gasteiger partial charge in [0.15, 0.2) is 0 Å². The van der Waals surface area contributed by atoms with Crippen LogP contribution >= 0.6 is 0 Å². The predicted octanol–water partition coefficient (Wildman–Crippen LogP) is 3.68. The quantitative estimate of drug-likeness (QED) is 0.895. The highest BCUT2D eigenvalue weighted by atomic mass is 19.1. The average Bonchev–Trinajstić information content (AvgIpc) is 2.95. The van der Waals surface area contributed by atoms with Gasteiger partial charge in [-0.25, -0.2) is 9.18 Å². The second-order valence-electron chi connectivity index (χ2n) is 7.54. The van der Waals surface area contributed by atoms with Crippen molar-refractivity contribution in [2.75, 3.05) is 0 Å². The Hall–Kier alpha value is -2.47. The van der Waals surface area contributed by atoms with Crippen LogP contribution in [0.2, 0.25) is 0 Å². The van der Waals surface area contributed by atoms with E-state index in [9.17, 15) is 14.3 Å². The maximum atomic E-state index is 13.5. The Morgan fingerprint density at radius 1 is 1.22 bits per heavy atom. The number of carbonyl (C=O) groups excluding carboxylic acids is 1. The summed E-state index contributed by atoms with van der Waals surface area (Å²) in [6.45, 7) is 1.82. The van der Waals surface area contributed by atoms with Crippen LogP contribution in [0.5, 0.6) is 0 Å². The fourth-order valence-electron chi connectivity index (χ4n) is 4.33. The van der Waals surface area contributed by atoms with E-state index in [1.807, 2.05) is 30.3 Å². The van der Waals surface area contributed by atoms with Crippen LogP contribution in [0.4, 0.5) is 9.18 Å². The number of rotatable bonds is 3. The van der Waals surface area contributed by atoms with Gasteiger partial charge in [-0.1, -0.05) is 30.3 Å². The molecule has 4 rings (SSSR count). The smallest absolute Gasteiger partial charge is 0.410 e. The van der Waals surface area contributed by atoms with E-state index in [0.29, 0.717) is 18.5 Å². The highest BCUT2D eigenvalue weighted by Crippen LogP contribution is 2.45. The molecule has 2 unspecified atom stereocenters. The molecule has 2 aliphatic heterocycles. The van der Waals surface area contributed by atoms with Crippen molar-refractivity contribution >= 4 is 6.09 Å². The zero-order valence-corrected chi connectivity index (χ0v) is 15.3. The van der Waals surface area contributed by atoms with Crippen molar-refractivity contribution in [1.29, 1.82) is 0 Å². The molecule has 1 N–H and O–H groups in total. The number of benzene rings is 1. The molecule has 2 atom stereocenters. The second-order valence-corrected chi connectivity index (χ2v) is 7.54. The van der Waals surface area contributed by atoms with Gasteiger partial charge in [-0.15, -0.1) is 0 Å². The van der Waals surface area contributed by atoms with Crippen molar-refractivity contribution < 1.29 is 19.0 Å². The molecule has 0 radical (unpaired) electrons. The van der Waals surface area contributed by atoms with E-state index in [1.54, 1.807) is 17.9 Å². The molecule has 27 heavy (non-hydrogen) atoms. The molecule has 6 heteroatoms. The van der Waals surface area contributed by atoms with Crippen molar-refractivity contribution in [1.82, 2.24) is 9.88 Å². The zero-order chi connectivity index (χ0) is 19.0. The molecule has 2 aromatic rings. The van der Waals surface area contributed by atoms with Gasteiger partial charge < -0.3 is 14.7 Å². The molecule has 5 nitrogen and oxygen atoms in total. The van der Waals surface area contributed by atoms with Crippen LogP contribution in [0.1, 0.15) is 42.6 Å². The normalized spacial score (nSPS) is 26.9. The third-order valence-electron chi connectivity index (χ3n) is 5.68. The van der Waals surface area contributed by atoms with Crippen LogP contribution in [0.15, 0.2) is 42.5 Å². The molecule has 0 saturated carbocycles. The summed E-state index contributed by atoms with van der Waals surface area (Å²) in [5.41, 5.74) is 0.562. The lowest BCUT2D eigenvalue weighted by molar-refractivity contribution is -0.0565. The van der Waals surface area contributed by atoms with Crippen LogP contribution in [0.3, 0.4) is 0 Å². The highest BCUT2D eigenvalue weighted by molar-refractivity contribution is 5.69. The molecule has 1 aromatic heterocycles. The fourth-order valence-corrected chi connectivity index (χ4v) is 4.33. The van der Waals surface area contributed by atoms with Gasteiger partial charge >= 0.3 is 6.09 Å². The van der Waals surface area contributed by atoms with Crippen molar-refractivity contribution in [2.45, 2.75) is 56.9 Å². The first kappa shape index (κ1) is 17.9. The van der Waals surface area contributed by atoms with E-state index in [1.165, 1.54) is 6.07 Å². The largest absolute Gasteiger partial charge is 0.445 e. The second kappa shape index (κ2) is 6.93. The van der Waals surface area contributed by atoms with Gasteiger partial charge in [-0.3, -0.25) is 4.98 Å². The molecule has 3 heterocycles. The lowest BCUT2D eigenvalue weighted by Crippen LogP contribution is -2.52. The van der Waals surface area contributed by atoms with E-state index >= 15 is 0 Å². The summed E-state index contributed by atoms with van der Waals surface area (Å²) in [5, 5.41) is 11.2. The minimum atomic E-state index is -1.14. The first-order chi connectivity index (χ1) is 13.0. The molecule has 1 amide bonds. The monoisotopic (exact) mass is 370 g/mol. The average molecular weight is 370 g/mol. The van der Waals surface area contributed by atoms with Crippen molar-refractivity contribution in [3.05, 3.63) is 65.2 Å². The van der Waals surface area contributed by atoms with E-state index in [-0.39, 0.29) is 36.3 Å². The van der Waals surface area contributed by atoms with Crippen LogP contribution < -0.4 is 0 Å². The summed E-state index contributed by atoms with van der Waals surface area (Å²) < 4.78 is 19.0. The third kappa shape index (κ3) is 3.41. The van der Waals surface area contributed by atoms with Gasteiger partial charge in [0, 0.05) is 24.9 Å². The van der Waals surface area contributed by atoms with Gasteiger partial charge in [0.1, 0.15) is 18.0 Å². The summed E-state index contributed by atoms with van der Waals surface area (Å²) in [7, 11) is 0. The zero-order valence-electron chi connectivity index (χ0n) is 15.3. The van der Waals surface area contributed by atoms with Crippen molar-refractivity contribution in [2.24, 2.45) is 0 Å². The lowest BCUT2D eigenvalue weighted by Gasteiger charge is -2.42. The number of halogens is 1. The maximum absolute atomic E-state index is 13.5. The minimum Gasteiger partial charge on any atom is -0.445 e. The Morgan fingerprint density at radius 2 is 1.89 bits per heavy atom. The topological polar surface area (TPSA) is 62.7 Å². The number of nitrogens with zero attached hydrogens (tertiary/aromatic N) is 2. The Bertz CT molecular complexity index is 829. The number of aromatic nitrogens is 1. The van der Waals surface area contributed by atoms with Crippen LogP contribution in [-0.4, -0.2) is 33.2 Å². The Kier molecular flexibility index (Phi) is 4.60. The molecule has 0 aliphatic carbocycles. The number of hydrogen-bond acceptors (Lipinski definition) is 4. The number of hydrogen-bond donors (Lipinski definition) is 1. The molecular formula is C21H23FN2O3. The molecule has 2 fully saturated rings. The molecule has 2 aliphatic rings. The number of fused-ring (bicyclic) bond motifs is 2. The van der Waals surface area contributed by atoms with E-state index < -0.39 is 5.60 Å². The van der Waals surface area contributed by atoms with Crippen LogP contribution in [-0.2, 0) is 16.9 Å². The number of pyridine rings is 1. The van der Waals surface area contributed by atoms with Gasteiger partial charge in [0.2, 0.25) is 0 Å². The number of ether oxygens (including phenoxy) is 1. The third-order valence-corrected chi connectivity index (χ3v) is 5.68. The summed E-state index contributed by atoms with van der Waals surface area (Å²) >= 11 is 0. The van der Waals surface area contributed by atoms with Gasteiger partial charge in [0.25, 0.3) is 0 Å². The van der Waals surface area contributed by atoms with E-state index in [4.69, 9.17) is 4.74 Å². The van der Waals surface area contributed by atoms with E-state index in [0.717, 1.165) is 18.4 Å². The Morgan fingerprint density at radius 3 is 2.52 bits per heavy atom. The van der Waals surface area contributed by atoms with Crippen LogP contribution in [0.25, 0.3) is 0 Å². The molecule has 1 aromatic carbocycles. The summed E-state index contributed by atoms with van der Waals surface area (Å²) in [5.74, 6) is -0.382. The number of piperidine rings is 1. The number of aryl methyl sites for hydroxylation is 1. The van der Waals surface area contributed by atoms with Gasteiger partial charge in [-0.2, -0.15) is 0 Å². The first-order valence-electron chi connectivity index (χ1n) is 9.31. The molecule has 0 spiro atoms. The molecule has 2 bridgehead atoms. The SMILES string of the molecule is Cc1nc(C2(O)CC3CCC(C2)N3C(=O)OCc2ccccc2)ccc1F. The fraction of sp³-hybridized carbons (Fsp3) is 0.429. The summed E-state index contributed by atoms with van der Waals surface area (Å²) in [6, 6.07) is 12.3. The predicted molar refractivity (Wildman–Crippen MR) is 97.3 cm³/mol. The number of amides is 1. The van der Waals surface area contributed by atoms with Crippen LogP contribution in [0, 0.1) is 12.7 Å². The van der Waals surface area contributed by atoms with E-state index in [2.05, 4.69) is 4.98 Å². The maximum Gasteiger partial charge on any atom is 0.410 e. The standard InChI is InChI=1S/C21H23FN2O3/c1-14-18(22)9-10-19(23-14)21(26)11-16-7-8-17(12-21)24(16)20(25)27-13-15-5-3-2-4-6-15/h2-6,9-10,16-17,26H,7-8,11-13H2,1H3. The molecule has 2 saturated heterocycles. The first-order valence-corrected chi connectivity index (χ1v) is 9.31. The Labute approximate surface area is 157 Å². The summed E-state index contributed by atoms with van der Waals surface area (Å²) in [6.07, 6.45) is 2.10. The Balaban J connectivity index is 1.46. The number of carbonyl (C=O) groups is 1. The minimum absolute atomic E-state index is 0.0933. The lowest BCUT2D eigenvalue weighted by atomic mass is 9.83. The highest BCUT2D eigenvalue weighted by Gasteiger charge is 2.51. The summed E-state index contributed by atoms with van der Waals surface area (Å²) in [4.78, 5) is 18.7. The van der Waals surface area contributed by atoms with Crippen molar-refractivity contribution in [3.63, 3.8) is 0 Å². The van der Waals surface area contributed by atoms with Crippen molar-refractivity contribution in [3.8, 4) is 0 Å². The van der Waals surface area contributed by atoms with Gasteiger partial charge in [0.05, 0.1) is 11.4 Å². The molecule has 142 valence electrons. The molecular weight excluding hydrogens is 347 g/mol.